The molecule has 2 rings (SSSR count). The van der Waals surface area contributed by atoms with Crippen LogP contribution in [-0.2, 0) is 16.0 Å². The van der Waals surface area contributed by atoms with Gasteiger partial charge < -0.3 is 20.7 Å². The van der Waals surface area contributed by atoms with Crippen LogP contribution in [0.1, 0.15) is 25.5 Å². The lowest BCUT2D eigenvalue weighted by molar-refractivity contribution is -0.142. The highest BCUT2D eigenvalue weighted by molar-refractivity contribution is 5.87. The third-order valence-corrected chi connectivity index (χ3v) is 3.58. The minimum absolute atomic E-state index is 0.198. The predicted octanol–water partition coefficient (Wildman–Crippen LogP) is -0.0903. The van der Waals surface area contributed by atoms with Crippen LogP contribution in [0.5, 0.6) is 0 Å². The summed E-state index contributed by atoms with van der Waals surface area (Å²) in [6, 6.07) is -1.25. The predicted molar refractivity (Wildman–Crippen MR) is 72.0 cm³/mol. The molecule has 7 nitrogen and oxygen atoms in total. The molecule has 4 N–H and O–H groups in total. The summed E-state index contributed by atoms with van der Waals surface area (Å²) in [6.45, 7) is 2.89. The smallest absolute Gasteiger partial charge is 0.326 e. The molecule has 1 saturated heterocycles. The van der Waals surface area contributed by atoms with E-state index < -0.39 is 12.0 Å². The number of aliphatic carboxylic acids is 1. The van der Waals surface area contributed by atoms with Gasteiger partial charge in [-0.1, -0.05) is 6.92 Å². The first-order valence-electron chi connectivity index (χ1n) is 6.80. The Kier molecular flexibility index (Phi) is 4.73. The largest absolute Gasteiger partial charge is 0.480 e. The minimum atomic E-state index is -1.04. The van der Waals surface area contributed by atoms with Crippen molar-refractivity contribution < 1.29 is 14.7 Å². The molecule has 3 atom stereocenters. The number of H-pyrrole nitrogens is 1. The molecule has 0 aliphatic carbocycles. The third kappa shape index (κ3) is 3.80. The Bertz CT molecular complexity index is 460. The molecular weight excluding hydrogens is 260 g/mol. The van der Waals surface area contributed by atoms with Gasteiger partial charge >= 0.3 is 5.97 Å². The van der Waals surface area contributed by atoms with Crippen molar-refractivity contribution in [2.24, 2.45) is 5.92 Å². The number of carbonyl (C=O) groups is 2. The van der Waals surface area contributed by atoms with Crippen molar-refractivity contribution in [2.45, 2.75) is 38.3 Å². The second-order valence-electron chi connectivity index (χ2n) is 5.32. The number of carbonyl (C=O) groups excluding carboxylic acids is 1. The highest BCUT2D eigenvalue weighted by atomic mass is 16.4. The van der Waals surface area contributed by atoms with Crippen molar-refractivity contribution in [3.8, 4) is 0 Å². The SMILES string of the molecule is CC1CCNC(C(=O)NC(Cc2cnc[nH]2)C(=O)O)C1. The molecule has 1 aromatic heterocycles. The van der Waals surface area contributed by atoms with Crippen LogP contribution >= 0.6 is 0 Å². The molecule has 1 aliphatic heterocycles. The van der Waals surface area contributed by atoms with Crippen LogP contribution in [0.15, 0.2) is 12.5 Å². The van der Waals surface area contributed by atoms with E-state index in [1.54, 1.807) is 6.20 Å². The zero-order valence-corrected chi connectivity index (χ0v) is 11.4. The van der Waals surface area contributed by atoms with Gasteiger partial charge in [-0.3, -0.25) is 4.79 Å². The van der Waals surface area contributed by atoms with Crippen LogP contribution in [0.25, 0.3) is 0 Å². The number of carboxylic acid groups (broad SMARTS) is 1. The van der Waals surface area contributed by atoms with Crippen molar-refractivity contribution in [1.82, 2.24) is 20.6 Å². The summed E-state index contributed by atoms with van der Waals surface area (Å²) >= 11 is 0. The Hall–Kier alpha value is -1.89. The number of rotatable bonds is 5. The quantitative estimate of drug-likeness (QED) is 0.603. The van der Waals surface area contributed by atoms with Crippen LogP contribution in [0, 0.1) is 5.92 Å². The third-order valence-electron chi connectivity index (χ3n) is 3.58. The van der Waals surface area contributed by atoms with Crippen molar-refractivity contribution in [3.63, 3.8) is 0 Å². The number of hydrogen-bond acceptors (Lipinski definition) is 4. The standard InChI is InChI=1S/C13H20N4O3/c1-8-2-3-15-10(4-8)12(18)17-11(13(19)20)5-9-6-14-7-16-9/h6-8,10-11,15H,2-5H2,1H3,(H,14,16)(H,17,18)(H,19,20). The van der Waals surface area contributed by atoms with E-state index in [9.17, 15) is 14.7 Å². The van der Waals surface area contributed by atoms with Crippen LogP contribution in [-0.4, -0.2) is 45.6 Å². The van der Waals surface area contributed by atoms with Gasteiger partial charge in [0.15, 0.2) is 0 Å². The highest BCUT2D eigenvalue weighted by Gasteiger charge is 2.28. The fraction of sp³-hybridized carbons (Fsp3) is 0.615. The molecule has 3 unspecified atom stereocenters. The molecule has 110 valence electrons. The van der Waals surface area contributed by atoms with Crippen LogP contribution in [0.2, 0.25) is 0 Å². The number of hydrogen-bond donors (Lipinski definition) is 4. The van der Waals surface area contributed by atoms with Gasteiger partial charge in [-0.05, 0) is 25.3 Å². The number of nitrogens with one attached hydrogen (secondary N) is 3. The number of imidazole rings is 1. The second kappa shape index (κ2) is 6.51. The molecule has 0 bridgehead atoms. The molecule has 0 saturated carbocycles. The molecule has 1 amide bonds. The average Bonchev–Trinajstić information content (AvgIpc) is 2.90. The topological polar surface area (TPSA) is 107 Å². The molecule has 1 aromatic rings. The maximum Gasteiger partial charge on any atom is 0.326 e. The second-order valence-corrected chi connectivity index (χ2v) is 5.32. The first-order chi connectivity index (χ1) is 9.56. The first-order valence-corrected chi connectivity index (χ1v) is 6.80. The molecule has 0 radical (unpaired) electrons. The molecule has 0 spiro atoms. The summed E-state index contributed by atoms with van der Waals surface area (Å²) in [5, 5.41) is 14.9. The zero-order chi connectivity index (χ0) is 14.5. The van der Waals surface area contributed by atoms with E-state index >= 15 is 0 Å². The Balaban J connectivity index is 1.93. The molecule has 2 heterocycles. The van der Waals surface area contributed by atoms with Crippen LogP contribution in [0.4, 0.5) is 0 Å². The van der Waals surface area contributed by atoms with Gasteiger partial charge in [-0.2, -0.15) is 0 Å². The molecule has 0 aromatic carbocycles. The van der Waals surface area contributed by atoms with E-state index in [2.05, 4.69) is 27.5 Å². The zero-order valence-electron chi connectivity index (χ0n) is 11.4. The van der Waals surface area contributed by atoms with Crippen molar-refractivity contribution in [1.29, 1.82) is 0 Å². The summed E-state index contributed by atoms with van der Waals surface area (Å²) in [7, 11) is 0. The van der Waals surface area contributed by atoms with Crippen molar-refractivity contribution in [3.05, 3.63) is 18.2 Å². The summed E-state index contributed by atoms with van der Waals surface area (Å²) in [5.41, 5.74) is 0.683. The maximum absolute atomic E-state index is 12.1. The summed E-state index contributed by atoms with van der Waals surface area (Å²) in [6.07, 6.45) is 5.02. The van der Waals surface area contributed by atoms with Gasteiger partial charge in [0.25, 0.3) is 0 Å². The van der Waals surface area contributed by atoms with E-state index in [0.717, 1.165) is 19.4 Å². The number of amides is 1. The fourth-order valence-corrected chi connectivity index (χ4v) is 2.40. The normalized spacial score (nSPS) is 24.1. The summed E-state index contributed by atoms with van der Waals surface area (Å²) in [5.74, 6) is -0.817. The lowest BCUT2D eigenvalue weighted by Gasteiger charge is -2.28. The maximum atomic E-state index is 12.1. The number of piperidine rings is 1. The summed E-state index contributed by atoms with van der Waals surface area (Å²) in [4.78, 5) is 30.0. The molecular formula is C13H20N4O3. The van der Waals surface area contributed by atoms with E-state index in [1.165, 1.54) is 6.33 Å². The van der Waals surface area contributed by atoms with Gasteiger partial charge in [0.1, 0.15) is 6.04 Å². The lowest BCUT2D eigenvalue weighted by atomic mass is 9.93. The lowest BCUT2D eigenvalue weighted by Crippen LogP contribution is -2.53. The molecule has 20 heavy (non-hydrogen) atoms. The fourth-order valence-electron chi connectivity index (χ4n) is 2.40. The van der Waals surface area contributed by atoms with Gasteiger partial charge in [0, 0.05) is 18.3 Å². The monoisotopic (exact) mass is 280 g/mol. The molecule has 7 heteroatoms. The van der Waals surface area contributed by atoms with E-state index in [4.69, 9.17) is 0 Å². The van der Waals surface area contributed by atoms with Crippen molar-refractivity contribution in [2.75, 3.05) is 6.54 Å². The van der Waals surface area contributed by atoms with E-state index in [-0.39, 0.29) is 18.4 Å². The Morgan fingerprint density at radius 2 is 2.40 bits per heavy atom. The Labute approximate surface area is 117 Å². The minimum Gasteiger partial charge on any atom is -0.480 e. The van der Waals surface area contributed by atoms with Gasteiger partial charge in [-0.25, -0.2) is 9.78 Å². The van der Waals surface area contributed by atoms with E-state index in [1.807, 2.05) is 0 Å². The van der Waals surface area contributed by atoms with Gasteiger partial charge in [0.05, 0.1) is 12.4 Å². The van der Waals surface area contributed by atoms with Crippen LogP contribution in [0.3, 0.4) is 0 Å². The Morgan fingerprint density at radius 3 is 3.00 bits per heavy atom. The van der Waals surface area contributed by atoms with Crippen molar-refractivity contribution >= 4 is 11.9 Å². The molecule has 1 fully saturated rings. The van der Waals surface area contributed by atoms with Gasteiger partial charge in [0.2, 0.25) is 5.91 Å². The summed E-state index contributed by atoms with van der Waals surface area (Å²) < 4.78 is 0. The number of aromatic nitrogens is 2. The van der Waals surface area contributed by atoms with Crippen LogP contribution < -0.4 is 10.6 Å². The number of carboxylic acids is 1. The van der Waals surface area contributed by atoms with E-state index in [0.29, 0.717) is 11.6 Å². The molecule has 1 aliphatic rings. The highest BCUT2D eigenvalue weighted by Crippen LogP contribution is 2.15. The Morgan fingerprint density at radius 1 is 1.60 bits per heavy atom. The first kappa shape index (κ1) is 14.5. The number of aromatic amines is 1. The van der Waals surface area contributed by atoms with Gasteiger partial charge in [-0.15, -0.1) is 0 Å². The average molecular weight is 280 g/mol. The number of nitrogens with zero attached hydrogens (tertiary/aromatic N) is 1.